The number of rotatable bonds is 8. The molecular formula is C29H34N4O3S. The maximum atomic E-state index is 12.5. The van der Waals surface area contributed by atoms with Gasteiger partial charge in [-0.15, -0.1) is 0 Å². The molecule has 2 aromatic heterocycles. The maximum absolute atomic E-state index is 12.5. The van der Waals surface area contributed by atoms with E-state index in [1.165, 1.54) is 12.1 Å². The van der Waals surface area contributed by atoms with Gasteiger partial charge in [-0.05, 0) is 56.7 Å². The standard InChI is InChI=1S/C29H34N4O3S/c1-7-25-27(33-18-20(3)30-21(4)28(33)31-25)22-10-12-23(13-11-22)29(5,6)17-16-26(34)32-37(35,36)24-14-8-19(2)9-15-24/h8-15,18H,7,16-17H2,1-6H3,(H,32,34). The Hall–Kier alpha value is -3.52. The van der Waals surface area contributed by atoms with Crippen molar-refractivity contribution in [1.29, 1.82) is 0 Å². The third-order valence-electron chi connectivity index (χ3n) is 6.80. The van der Waals surface area contributed by atoms with Gasteiger partial charge >= 0.3 is 0 Å². The van der Waals surface area contributed by atoms with Gasteiger partial charge in [0.15, 0.2) is 5.65 Å². The normalized spacial score (nSPS) is 12.2. The fraction of sp³-hybridized carbons (Fsp3) is 0.345. The molecule has 0 spiro atoms. The van der Waals surface area contributed by atoms with E-state index in [0.29, 0.717) is 6.42 Å². The molecule has 0 aliphatic rings. The van der Waals surface area contributed by atoms with Crippen molar-refractivity contribution in [1.82, 2.24) is 19.1 Å². The predicted molar refractivity (Wildman–Crippen MR) is 146 cm³/mol. The Morgan fingerprint density at radius 3 is 2.24 bits per heavy atom. The summed E-state index contributed by atoms with van der Waals surface area (Å²) in [6.45, 7) is 12.1. The number of carbonyl (C=O) groups excluding carboxylic acids is 1. The van der Waals surface area contributed by atoms with Crippen LogP contribution in [-0.2, 0) is 26.7 Å². The van der Waals surface area contributed by atoms with Gasteiger partial charge < -0.3 is 0 Å². The van der Waals surface area contributed by atoms with E-state index in [9.17, 15) is 13.2 Å². The Morgan fingerprint density at radius 2 is 1.62 bits per heavy atom. The van der Waals surface area contributed by atoms with Crippen molar-refractivity contribution in [3.8, 4) is 11.3 Å². The summed E-state index contributed by atoms with van der Waals surface area (Å²) in [6, 6.07) is 14.8. The Balaban J connectivity index is 1.50. The molecule has 0 unspecified atom stereocenters. The van der Waals surface area contributed by atoms with Crippen molar-refractivity contribution in [2.24, 2.45) is 0 Å². The summed E-state index contributed by atoms with van der Waals surface area (Å²) >= 11 is 0. The minimum absolute atomic E-state index is 0.0845. The molecule has 0 radical (unpaired) electrons. The van der Waals surface area contributed by atoms with Crippen LogP contribution in [0.5, 0.6) is 0 Å². The van der Waals surface area contributed by atoms with Gasteiger partial charge in [0.05, 0.1) is 27.7 Å². The van der Waals surface area contributed by atoms with E-state index >= 15 is 0 Å². The molecule has 2 heterocycles. The summed E-state index contributed by atoms with van der Waals surface area (Å²) in [5, 5.41) is 0. The number of fused-ring (bicyclic) bond motifs is 1. The summed E-state index contributed by atoms with van der Waals surface area (Å²) < 4.78 is 29.4. The van der Waals surface area contributed by atoms with E-state index in [1.54, 1.807) is 12.1 Å². The van der Waals surface area contributed by atoms with E-state index in [-0.39, 0.29) is 16.7 Å². The van der Waals surface area contributed by atoms with Crippen molar-refractivity contribution in [3.63, 3.8) is 0 Å². The number of imidazole rings is 1. The second kappa shape index (κ2) is 10.1. The average Bonchev–Trinajstić information content (AvgIpc) is 3.22. The van der Waals surface area contributed by atoms with E-state index in [2.05, 4.69) is 59.1 Å². The molecule has 8 heteroatoms. The van der Waals surface area contributed by atoms with Gasteiger partial charge in [-0.2, -0.15) is 0 Å². The number of hydrogen-bond acceptors (Lipinski definition) is 5. The third-order valence-corrected chi connectivity index (χ3v) is 8.19. The van der Waals surface area contributed by atoms with Crippen molar-refractivity contribution >= 4 is 21.6 Å². The van der Waals surface area contributed by atoms with Crippen molar-refractivity contribution in [2.75, 3.05) is 0 Å². The Kier molecular flexibility index (Phi) is 7.24. The molecule has 2 aromatic carbocycles. The second-order valence-electron chi connectivity index (χ2n) is 10.2. The zero-order valence-corrected chi connectivity index (χ0v) is 23.1. The summed E-state index contributed by atoms with van der Waals surface area (Å²) in [5.41, 5.74) is 7.56. The topological polar surface area (TPSA) is 93.4 Å². The zero-order valence-electron chi connectivity index (χ0n) is 22.3. The lowest BCUT2D eigenvalue weighted by atomic mass is 9.80. The molecule has 0 saturated heterocycles. The number of nitrogens with one attached hydrogen (secondary N) is 1. The molecule has 0 fully saturated rings. The second-order valence-corrected chi connectivity index (χ2v) is 11.9. The summed E-state index contributed by atoms with van der Waals surface area (Å²) in [6.07, 6.45) is 3.43. The largest absolute Gasteiger partial charge is 0.296 e. The molecule has 0 saturated carbocycles. The minimum Gasteiger partial charge on any atom is -0.296 e. The Morgan fingerprint density at radius 1 is 0.973 bits per heavy atom. The number of aryl methyl sites for hydroxylation is 4. The van der Waals surface area contributed by atoms with Gasteiger partial charge in [-0.1, -0.05) is 62.7 Å². The number of benzene rings is 2. The quantitative estimate of drug-likeness (QED) is 0.335. The Labute approximate surface area is 219 Å². The van der Waals surface area contributed by atoms with Crippen molar-refractivity contribution in [3.05, 3.63) is 82.9 Å². The highest BCUT2D eigenvalue weighted by Gasteiger charge is 2.24. The van der Waals surface area contributed by atoms with E-state index < -0.39 is 15.9 Å². The molecule has 0 aliphatic heterocycles. The van der Waals surface area contributed by atoms with E-state index in [1.807, 2.05) is 27.0 Å². The number of aromatic nitrogens is 3. The molecule has 4 rings (SSSR count). The van der Waals surface area contributed by atoms with Crippen LogP contribution >= 0.6 is 0 Å². The predicted octanol–water partition coefficient (Wildman–Crippen LogP) is 5.45. The maximum Gasteiger partial charge on any atom is 0.264 e. The molecule has 1 N–H and O–H groups in total. The molecule has 7 nitrogen and oxygen atoms in total. The van der Waals surface area contributed by atoms with Crippen molar-refractivity contribution < 1.29 is 13.2 Å². The number of nitrogens with zero attached hydrogens (tertiary/aromatic N) is 3. The number of carbonyl (C=O) groups is 1. The molecule has 0 atom stereocenters. The fourth-order valence-electron chi connectivity index (χ4n) is 4.57. The van der Waals surface area contributed by atoms with Crippen LogP contribution in [0.25, 0.3) is 16.9 Å². The lowest BCUT2D eigenvalue weighted by Crippen LogP contribution is -2.32. The first kappa shape index (κ1) is 26.5. The van der Waals surface area contributed by atoms with Crippen LogP contribution in [0.15, 0.2) is 59.6 Å². The lowest BCUT2D eigenvalue weighted by molar-refractivity contribution is -0.119. The first-order chi connectivity index (χ1) is 17.4. The summed E-state index contributed by atoms with van der Waals surface area (Å²) in [5.74, 6) is -0.511. The molecule has 1 amide bonds. The summed E-state index contributed by atoms with van der Waals surface area (Å²) in [4.78, 5) is 22.0. The number of hydrogen-bond donors (Lipinski definition) is 1. The molecule has 4 aromatic rings. The zero-order chi connectivity index (χ0) is 27.0. The van der Waals surface area contributed by atoms with Gasteiger partial charge in [-0.25, -0.2) is 18.1 Å². The van der Waals surface area contributed by atoms with Crippen molar-refractivity contribution in [2.45, 2.75) is 71.1 Å². The highest BCUT2D eigenvalue weighted by molar-refractivity contribution is 7.90. The monoisotopic (exact) mass is 518 g/mol. The van der Waals surface area contributed by atoms with Crippen LogP contribution in [0.1, 0.15) is 61.8 Å². The smallest absolute Gasteiger partial charge is 0.264 e. The van der Waals surface area contributed by atoms with Crippen LogP contribution in [0, 0.1) is 20.8 Å². The van der Waals surface area contributed by atoms with E-state index in [4.69, 9.17) is 4.98 Å². The number of sulfonamides is 1. The highest BCUT2D eigenvalue weighted by atomic mass is 32.2. The van der Waals surface area contributed by atoms with Gasteiger partial charge in [-0.3, -0.25) is 14.2 Å². The van der Waals surface area contributed by atoms with E-state index in [0.717, 1.165) is 51.5 Å². The molecule has 0 bridgehead atoms. The Bertz CT molecular complexity index is 1550. The van der Waals surface area contributed by atoms with Crippen LogP contribution in [0.4, 0.5) is 0 Å². The molecule has 194 valence electrons. The van der Waals surface area contributed by atoms with Gasteiger partial charge in [0.2, 0.25) is 5.91 Å². The SMILES string of the molecule is CCc1nc2c(C)nc(C)cn2c1-c1ccc(C(C)(C)CCC(=O)NS(=O)(=O)c2ccc(C)cc2)cc1. The third kappa shape index (κ3) is 5.59. The first-order valence-electron chi connectivity index (χ1n) is 12.5. The highest BCUT2D eigenvalue weighted by Crippen LogP contribution is 2.32. The van der Waals surface area contributed by atoms with Crippen LogP contribution in [-0.4, -0.2) is 28.7 Å². The summed E-state index contributed by atoms with van der Waals surface area (Å²) in [7, 11) is -3.88. The average molecular weight is 519 g/mol. The van der Waals surface area contributed by atoms with Crippen LogP contribution in [0.2, 0.25) is 0 Å². The first-order valence-corrected chi connectivity index (χ1v) is 14.0. The molecule has 0 aliphatic carbocycles. The van der Waals surface area contributed by atoms with Crippen LogP contribution in [0.3, 0.4) is 0 Å². The number of amides is 1. The van der Waals surface area contributed by atoms with Gasteiger partial charge in [0.25, 0.3) is 10.0 Å². The molecular weight excluding hydrogens is 484 g/mol. The lowest BCUT2D eigenvalue weighted by Gasteiger charge is -2.25. The fourth-order valence-corrected chi connectivity index (χ4v) is 5.58. The minimum atomic E-state index is -3.88. The van der Waals surface area contributed by atoms with Crippen LogP contribution < -0.4 is 4.72 Å². The van der Waals surface area contributed by atoms with Gasteiger partial charge in [0, 0.05) is 18.2 Å². The van der Waals surface area contributed by atoms with Gasteiger partial charge in [0.1, 0.15) is 0 Å². The molecule has 37 heavy (non-hydrogen) atoms.